The molecule has 2 aliphatic rings. The van der Waals surface area contributed by atoms with E-state index in [0.717, 1.165) is 12.3 Å². The third-order valence-electron chi connectivity index (χ3n) is 5.15. The zero-order valence-corrected chi connectivity index (χ0v) is 12.0. The summed E-state index contributed by atoms with van der Waals surface area (Å²) in [4.78, 5) is 0. The van der Waals surface area contributed by atoms with Crippen LogP contribution in [0.3, 0.4) is 0 Å². The molecule has 0 aromatic heterocycles. The van der Waals surface area contributed by atoms with Crippen molar-refractivity contribution in [1.29, 1.82) is 5.26 Å². The quantitative estimate of drug-likeness (QED) is 0.749. The predicted octanol–water partition coefficient (Wildman–Crippen LogP) is 4.02. The summed E-state index contributed by atoms with van der Waals surface area (Å²) in [6.45, 7) is 4.59. The van der Waals surface area contributed by atoms with Gasteiger partial charge in [-0.15, -0.1) is 0 Å². The first kappa shape index (κ1) is 13.9. The highest BCUT2D eigenvalue weighted by molar-refractivity contribution is 5.13. The molecule has 0 heterocycles. The molecule has 2 fully saturated rings. The Kier molecular flexibility index (Phi) is 4.67. The summed E-state index contributed by atoms with van der Waals surface area (Å²) in [5, 5.41) is 13.5. The number of nitrogens with zero attached hydrogens (tertiary/aromatic N) is 1. The molecule has 0 aromatic carbocycles. The summed E-state index contributed by atoms with van der Waals surface area (Å²) in [5.74, 6) is 1.28. The van der Waals surface area contributed by atoms with Gasteiger partial charge in [0, 0.05) is 6.04 Å². The highest BCUT2D eigenvalue weighted by Crippen LogP contribution is 2.37. The van der Waals surface area contributed by atoms with E-state index in [1.807, 2.05) is 0 Å². The van der Waals surface area contributed by atoms with Crippen molar-refractivity contribution >= 4 is 0 Å². The fourth-order valence-electron chi connectivity index (χ4n) is 3.84. The minimum absolute atomic E-state index is 0.235. The maximum atomic E-state index is 9.69. The van der Waals surface area contributed by atoms with Crippen LogP contribution < -0.4 is 5.32 Å². The van der Waals surface area contributed by atoms with E-state index in [1.54, 1.807) is 0 Å². The van der Waals surface area contributed by atoms with Crippen LogP contribution in [0.15, 0.2) is 0 Å². The zero-order valence-electron chi connectivity index (χ0n) is 12.0. The van der Waals surface area contributed by atoms with Crippen molar-refractivity contribution < 1.29 is 0 Å². The lowest BCUT2D eigenvalue weighted by atomic mass is 9.70. The summed E-state index contributed by atoms with van der Waals surface area (Å²) in [5.41, 5.74) is -0.235. The lowest BCUT2D eigenvalue weighted by Gasteiger charge is -2.42. The van der Waals surface area contributed by atoms with Crippen LogP contribution in [-0.4, -0.2) is 11.6 Å². The molecule has 2 heteroatoms. The van der Waals surface area contributed by atoms with Gasteiger partial charge in [-0.3, -0.25) is 5.32 Å². The fourth-order valence-corrected chi connectivity index (χ4v) is 3.84. The summed E-state index contributed by atoms with van der Waals surface area (Å²) < 4.78 is 0. The van der Waals surface area contributed by atoms with Gasteiger partial charge in [-0.25, -0.2) is 0 Å². The fraction of sp³-hybridized carbons (Fsp3) is 0.938. The van der Waals surface area contributed by atoms with Crippen LogP contribution in [0.4, 0.5) is 0 Å². The lowest BCUT2D eigenvalue weighted by molar-refractivity contribution is 0.153. The van der Waals surface area contributed by atoms with Crippen LogP contribution in [0.25, 0.3) is 0 Å². The molecule has 18 heavy (non-hydrogen) atoms. The van der Waals surface area contributed by atoms with Crippen molar-refractivity contribution in [3.63, 3.8) is 0 Å². The first-order valence-corrected chi connectivity index (χ1v) is 7.85. The number of hydrogen-bond donors (Lipinski definition) is 1. The Morgan fingerprint density at radius 3 is 2.28 bits per heavy atom. The van der Waals surface area contributed by atoms with Crippen LogP contribution in [0, 0.1) is 23.2 Å². The van der Waals surface area contributed by atoms with Gasteiger partial charge in [-0.2, -0.15) is 5.26 Å². The summed E-state index contributed by atoms with van der Waals surface area (Å²) >= 11 is 0. The van der Waals surface area contributed by atoms with E-state index in [-0.39, 0.29) is 5.54 Å². The van der Waals surface area contributed by atoms with Gasteiger partial charge in [0.25, 0.3) is 0 Å². The Hall–Kier alpha value is -0.550. The topological polar surface area (TPSA) is 35.8 Å². The molecule has 2 saturated carbocycles. The minimum Gasteiger partial charge on any atom is -0.296 e. The van der Waals surface area contributed by atoms with Crippen molar-refractivity contribution in [1.82, 2.24) is 5.32 Å². The lowest BCUT2D eigenvalue weighted by Crippen LogP contribution is -2.55. The molecule has 0 spiro atoms. The molecule has 2 aliphatic carbocycles. The van der Waals surface area contributed by atoms with Gasteiger partial charge in [-0.05, 0) is 43.9 Å². The third kappa shape index (κ3) is 3.06. The molecular formula is C16H28N2. The van der Waals surface area contributed by atoms with Crippen LogP contribution >= 0.6 is 0 Å². The Balaban J connectivity index is 2.01. The third-order valence-corrected chi connectivity index (χ3v) is 5.15. The van der Waals surface area contributed by atoms with E-state index >= 15 is 0 Å². The Morgan fingerprint density at radius 2 is 1.72 bits per heavy atom. The van der Waals surface area contributed by atoms with Gasteiger partial charge in [0.15, 0.2) is 0 Å². The molecule has 102 valence electrons. The average Bonchev–Trinajstić information content (AvgIpc) is 2.61. The number of nitrogens with one attached hydrogen (secondary N) is 1. The molecule has 2 nitrogen and oxygen atoms in total. The zero-order chi connectivity index (χ0) is 13.0. The molecule has 2 rings (SSSR count). The highest BCUT2D eigenvalue weighted by atomic mass is 15.0. The van der Waals surface area contributed by atoms with Crippen molar-refractivity contribution in [2.24, 2.45) is 11.8 Å². The van der Waals surface area contributed by atoms with Crippen LogP contribution in [0.1, 0.15) is 71.6 Å². The molecule has 0 amide bonds. The number of rotatable bonds is 2. The average molecular weight is 248 g/mol. The minimum atomic E-state index is -0.235. The SMILES string of the molecule is CC1CCC(C#N)(NC2CCCCCC2)C(C)C1. The van der Waals surface area contributed by atoms with E-state index in [0.29, 0.717) is 12.0 Å². The Morgan fingerprint density at radius 1 is 1.06 bits per heavy atom. The van der Waals surface area contributed by atoms with Crippen LogP contribution in [0.5, 0.6) is 0 Å². The standard InChI is InChI=1S/C16H28N2/c1-13-9-10-16(12-17,14(2)11-13)18-15-7-5-3-4-6-8-15/h13-15,18H,3-11H2,1-2H3. The molecule has 0 radical (unpaired) electrons. The van der Waals surface area contributed by atoms with Gasteiger partial charge >= 0.3 is 0 Å². The number of hydrogen-bond acceptors (Lipinski definition) is 2. The molecule has 3 unspecified atom stereocenters. The van der Waals surface area contributed by atoms with Gasteiger partial charge in [-0.1, -0.05) is 39.5 Å². The number of nitriles is 1. The first-order chi connectivity index (χ1) is 8.66. The van der Waals surface area contributed by atoms with E-state index in [1.165, 1.54) is 51.4 Å². The second-order valence-corrected chi connectivity index (χ2v) is 6.70. The van der Waals surface area contributed by atoms with Crippen LogP contribution in [0.2, 0.25) is 0 Å². The molecule has 3 atom stereocenters. The molecule has 0 saturated heterocycles. The highest BCUT2D eigenvalue weighted by Gasteiger charge is 2.41. The molecule has 0 bridgehead atoms. The Bertz CT molecular complexity index is 299. The van der Waals surface area contributed by atoms with Crippen molar-refractivity contribution in [3.05, 3.63) is 0 Å². The van der Waals surface area contributed by atoms with E-state index in [4.69, 9.17) is 0 Å². The summed E-state index contributed by atoms with van der Waals surface area (Å²) in [6, 6.07) is 3.23. The van der Waals surface area contributed by atoms with Crippen molar-refractivity contribution in [2.75, 3.05) is 0 Å². The second-order valence-electron chi connectivity index (χ2n) is 6.70. The first-order valence-electron chi connectivity index (χ1n) is 7.85. The largest absolute Gasteiger partial charge is 0.296 e. The molecule has 0 aromatic rings. The van der Waals surface area contributed by atoms with E-state index < -0.39 is 0 Å². The maximum absolute atomic E-state index is 9.69. The monoisotopic (exact) mass is 248 g/mol. The van der Waals surface area contributed by atoms with Crippen molar-refractivity contribution in [2.45, 2.75) is 83.2 Å². The molecular weight excluding hydrogens is 220 g/mol. The smallest absolute Gasteiger partial charge is 0.109 e. The predicted molar refractivity (Wildman–Crippen MR) is 75.1 cm³/mol. The van der Waals surface area contributed by atoms with Crippen LogP contribution in [-0.2, 0) is 0 Å². The van der Waals surface area contributed by atoms with Gasteiger partial charge in [0.05, 0.1) is 6.07 Å². The van der Waals surface area contributed by atoms with E-state index in [2.05, 4.69) is 25.2 Å². The second kappa shape index (κ2) is 6.06. The molecule has 0 aliphatic heterocycles. The van der Waals surface area contributed by atoms with Gasteiger partial charge < -0.3 is 0 Å². The van der Waals surface area contributed by atoms with Crippen molar-refractivity contribution in [3.8, 4) is 6.07 Å². The normalized spacial score (nSPS) is 38.9. The van der Waals surface area contributed by atoms with Gasteiger partial charge in [0.1, 0.15) is 5.54 Å². The van der Waals surface area contributed by atoms with Gasteiger partial charge in [0.2, 0.25) is 0 Å². The maximum Gasteiger partial charge on any atom is 0.109 e. The van der Waals surface area contributed by atoms with E-state index in [9.17, 15) is 5.26 Å². The molecule has 1 N–H and O–H groups in total. The summed E-state index contributed by atoms with van der Waals surface area (Å²) in [6.07, 6.45) is 11.4. The summed E-state index contributed by atoms with van der Waals surface area (Å²) in [7, 11) is 0. The Labute approximate surface area is 112 Å².